The molecule has 1 amide bonds. The molecule has 2 aliphatic heterocycles. The number of aliphatic carboxylic acids is 1. The van der Waals surface area contributed by atoms with Gasteiger partial charge in [-0.2, -0.15) is 5.06 Å². The van der Waals surface area contributed by atoms with E-state index in [0.717, 1.165) is 19.4 Å². The van der Waals surface area contributed by atoms with Crippen LogP contribution in [0.5, 0.6) is 0 Å². The molecule has 0 aromatic heterocycles. The number of carbonyl (C=O) groups is 2. The maximum absolute atomic E-state index is 12.2. The minimum Gasteiger partial charge on any atom is -0.481 e. The minimum absolute atomic E-state index is 0.0197. The lowest BCUT2D eigenvalue weighted by Crippen LogP contribution is -2.50. The summed E-state index contributed by atoms with van der Waals surface area (Å²) in [5, 5.41) is 10.7. The van der Waals surface area contributed by atoms with Crippen LogP contribution in [-0.4, -0.2) is 72.4 Å². The Bertz CT molecular complexity index is 344. The highest BCUT2D eigenvalue weighted by molar-refractivity contribution is 5.78. The molecule has 114 valence electrons. The third-order valence-corrected chi connectivity index (χ3v) is 3.61. The second-order valence-corrected chi connectivity index (χ2v) is 5.13. The van der Waals surface area contributed by atoms with E-state index < -0.39 is 5.97 Å². The van der Waals surface area contributed by atoms with Gasteiger partial charge in [0.1, 0.15) is 0 Å². The van der Waals surface area contributed by atoms with Gasteiger partial charge in [-0.25, -0.2) is 0 Å². The van der Waals surface area contributed by atoms with Gasteiger partial charge in [-0.3, -0.25) is 14.4 Å². The predicted molar refractivity (Wildman–Crippen MR) is 69.9 cm³/mol. The molecule has 1 unspecified atom stereocenters. The second-order valence-electron chi connectivity index (χ2n) is 5.13. The monoisotopic (exact) mass is 286 g/mol. The van der Waals surface area contributed by atoms with Gasteiger partial charge in [-0.1, -0.05) is 0 Å². The van der Waals surface area contributed by atoms with E-state index >= 15 is 0 Å². The van der Waals surface area contributed by atoms with Crippen LogP contribution in [0.15, 0.2) is 0 Å². The molecule has 0 saturated carbocycles. The Hall–Kier alpha value is -1.18. The summed E-state index contributed by atoms with van der Waals surface area (Å²) in [6, 6.07) is -0.351. The number of hydrogen-bond donors (Lipinski definition) is 1. The van der Waals surface area contributed by atoms with Crippen LogP contribution in [0.3, 0.4) is 0 Å². The van der Waals surface area contributed by atoms with Crippen molar-refractivity contribution in [3.05, 3.63) is 0 Å². The number of ether oxygens (including phenoxy) is 1. The number of hydrogen-bond acceptors (Lipinski definition) is 5. The average molecular weight is 286 g/mol. The van der Waals surface area contributed by atoms with Gasteiger partial charge in [0, 0.05) is 26.1 Å². The van der Waals surface area contributed by atoms with E-state index in [-0.39, 0.29) is 18.4 Å². The lowest BCUT2D eigenvalue weighted by atomic mass is 10.1. The first-order valence-electron chi connectivity index (χ1n) is 7.13. The molecular weight excluding hydrogens is 264 g/mol. The quantitative estimate of drug-likeness (QED) is 0.772. The maximum atomic E-state index is 12.2. The summed E-state index contributed by atoms with van der Waals surface area (Å²) >= 11 is 0. The van der Waals surface area contributed by atoms with E-state index in [9.17, 15) is 9.59 Å². The van der Waals surface area contributed by atoms with Crippen molar-refractivity contribution < 1.29 is 24.3 Å². The Morgan fingerprint density at radius 2 is 2.05 bits per heavy atom. The zero-order chi connectivity index (χ0) is 14.4. The fourth-order valence-electron chi connectivity index (χ4n) is 2.54. The van der Waals surface area contributed by atoms with Gasteiger partial charge in [0.25, 0.3) is 0 Å². The van der Waals surface area contributed by atoms with Crippen LogP contribution in [0, 0.1) is 0 Å². The third-order valence-electron chi connectivity index (χ3n) is 3.61. The van der Waals surface area contributed by atoms with Gasteiger partial charge in [0.2, 0.25) is 5.91 Å². The number of nitrogens with zero attached hydrogens (tertiary/aromatic N) is 2. The topological polar surface area (TPSA) is 79.3 Å². The Labute approximate surface area is 118 Å². The Morgan fingerprint density at radius 3 is 2.75 bits per heavy atom. The smallest absolute Gasteiger partial charge is 0.305 e. The van der Waals surface area contributed by atoms with Crippen LogP contribution in [0.1, 0.15) is 25.7 Å². The van der Waals surface area contributed by atoms with Crippen LogP contribution >= 0.6 is 0 Å². The van der Waals surface area contributed by atoms with Crippen LogP contribution in [-0.2, 0) is 19.2 Å². The highest BCUT2D eigenvalue weighted by Gasteiger charge is 2.29. The van der Waals surface area contributed by atoms with E-state index in [1.54, 1.807) is 4.90 Å². The predicted octanol–water partition coefficient (Wildman–Crippen LogP) is 0.106. The van der Waals surface area contributed by atoms with Crippen LogP contribution in [0.2, 0.25) is 0 Å². The molecule has 2 aliphatic rings. The summed E-state index contributed by atoms with van der Waals surface area (Å²) in [4.78, 5) is 30.1. The molecule has 1 N–H and O–H groups in total. The van der Waals surface area contributed by atoms with E-state index in [0.29, 0.717) is 39.3 Å². The molecule has 0 spiro atoms. The van der Waals surface area contributed by atoms with Gasteiger partial charge >= 0.3 is 5.97 Å². The van der Waals surface area contributed by atoms with Crippen LogP contribution in [0.25, 0.3) is 0 Å². The summed E-state index contributed by atoms with van der Waals surface area (Å²) in [6.45, 7) is 3.39. The first-order chi connectivity index (χ1) is 9.66. The lowest BCUT2D eigenvalue weighted by Gasteiger charge is -2.35. The second kappa shape index (κ2) is 7.56. The summed E-state index contributed by atoms with van der Waals surface area (Å²) in [7, 11) is 0. The zero-order valence-corrected chi connectivity index (χ0v) is 11.6. The molecule has 2 saturated heterocycles. The summed E-state index contributed by atoms with van der Waals surface area (Å²) in [5.41, 5.74) is 0. The standard InChI is InChI=1S/C13H22N2O5/c16-12(3-5-14-4-1-2-7-20-14)15-6-8-19-10-11(15)9-13(17)18/h11H,1-10H2,(H,17,18). The van der Waals surface area contributed by atoms with E-state index in [1.807, 2.05) is 5.06 Å². The Balaban J connectivity index is 1.80. The van der Waals surface area contributed by atoms with Gasteiger partial charge in [-0.15, -0.1) is 0 Å². The normalized spacial score (nSPS) is 24.6. The molecule has 2 rings (SSSR count). The van der Waals surface area contributed by atoms with Crippen molar-refractivity contribution in [3.63, 3.8) is 0 Å². The van der Waals surface area contributed by atoms with Crippen molar-refractivity contribution >= 4 is 11.9 Å². The van der Waals surface area contributed by atoms with Crippen molar-refractivity contribution in [2.45, 2.75) is 31.7 Å². The minimum atomic E-state index is -0.905. The van der Waals surface area contributed by atoms with Crippen molar-refractivity contribution in [2.75, 3.05) is 39.5 Å². The molecule has 7 heteroatoms. The first kappa shape index (κ1) is 15.2. The molecule has 0 aromatic rings. The number of carboxylic acids is 1. The zero-order valence-electron chi connectivity index (χ0n) is 11.6. The summed E-state index contributed by atoms with van der Waals surface area (Å²) < 4.78 is 5.27. The summed E-state index contributed by atoms with van der Waals surface area (Å²) in [5.74, 6) is -0.925. The molecule has 0 aromatic carbocycles. The van der Waals surface area contributed by atoms with Crippen molar-refractivity contribution in [1.29, 1.82) is 0 Å². The number of rotatable bonds is 5. The highest BCUT2D eigenvalue weighted by atomic mass is 16.7. The first-order valence-corrected chi connectivity index (χ1v) is 7.13. The Kier molecular flexibility index (Phi) is 5.75. The van der Waals surface area contributed by atoms with Crippen molar-refractivity contribution in [2.24, 2.45) is 0 Å². The lowest BCUT2D eigenvalue weighted by molar-refractivity contribution is -0.183. The molecule has 2 heterocycles. The van der Waals surface area contributed by atoms with E-state index in [2.05, 4.69) is 0 Å². The summed E-state index contributed by atoms with van der Waals surface area (Å²) in [6.07, 6.45) is 2.45. The number of carbonyl (C=O) groups excluding carboxylic acids is 1. The molecule has 7 nitrogen and oxygen atoms in total. The molecule has 0 bridgehead atoms. The SMILES string of the molecule is O=C(O)CC1COCCN1C(=O)CCN1CCCCO1. The number of carboxylic acid groups (broad SMARTS) is 1. The van der Waals surface area contributed by atoms with Crippen LogP contribution < -0.4 is 0 Å². The highest BCUT2D eigenvalue weighted by Crippen LogP contribution is 2.13. The van der Waals surface area contributed by atoms with Gasteiger partial charge < -0.3 is 14.7 Å². The van der Waals surface area contributed by atoms with Gasteiger partial charge in [0.05, 0.1) is 32.3 Å². The fourth-order valence-corrected chi connectivity index (χ4v) is 2.54. The number of morpholine rings is 1. The largest absolute Gasteiger partial charge is 0.481 e. The molecule has 0 radical (unpaired) electrons. The number of hydroxylamine groups is 2. The average Bonchev–Trinajstić information content (AvgIpc) is 2.46. The maximum Gasteiger partial charge on any atom is 0.305 e. The van der Waals surface area contributed by atoms with Crippen LogP contribution in [0.4, 0.5) is 0 Å². The Morgan fingerprint density at radius 1 is 1.20 bits per heavy atom. The molecular formula is C13H22N2O5. The third kappa shape index (κ3) is 4.43. The molecule has 1 atom stereocenters. The molecule has 0 aliphatic carbocycles. The van der Waals surface area contributed by atoms with E-state index in [4.69, 9.17) is 14.7 Å². The van der Waals surface area contributed by atoms with Gasteiger partial charge in [-0.05, 0) is 12.8 Å². The van der Waals surface area contributed by atoms with Crippen molar-refractivity contribution in [1.82, 2.24) is 9.96 Å². The fraction of sp³-hybridized carbons (Fsp3) is 0.846. The van der Waals surface area contributed by atoms with Gasteiger partial charge in [0.15, 0.2) is 0 Å². The number of amides is 1. The molecule has 20 heavy (non-hydrogen) atoms. The van der Waals surface area contributed by atoms with E-state index in [1.165, 1.54) is 0 Å². The van der Waals surface area contributed by atoms with Crippen molar-refractivity contribution in [3.8, 4) is 0 Å². The molecule has 2 fully saturated rings.